The van der Waals surface area contributed by atoms with E-state index in [0.29, 0.717) is 0 Å². The number of hydrogen-bond donors (Lipinski definition) is 0. The quantitative estimate of drug-likeness (QED) is 0.291. The van der Waals surface area contributed by atoms with E-state index >= 15 is 0 Å². The largest absolute Gasteiger partial charge is 0.489 e. The summed E-state index contributed by atoms with van der Waals surface area (Å²) < 4.78 is 26.4. The SMILES string of the molecule is C/C(=C\C(C)C(CC(C)O[Si](C)(C)C(C)(C)C)O[Si](C)(C)C(C)(C)C)B1OC(C)(C)C(C)(C)O1. The summed E-state index contributed by atoms with van der Waals surface area (Å²) in [5.74, 6) is 0.221. The van der Waals surface area contributed by atoms with E-state index in [1.54, 1.807) is 0 Å². The molecule has 1 fully saturated rings. The lowest BCUT2D eigenvalue weighted by atomic mass is 9.77. The highest BCUT2D eigenvalue weighted by Crippen LogP contribution is 2.42. The summed E-state index contributed by atoms with van der Waals surface area (Å²) >= 11 is 0. The highest BCUT2D eigenvalue weighted by atomic mass is 28.4. The highest BCUT2D eigenvalue weighted by molar-refractivity contribution is 6.74. The van der Waals surface area contributed by atoms with Crippen LogP contribution < -0.4 is 0 Å². The van der Waals surface area contributed by atoms with Gasteiger partial charge in [-0.15, -0.1) is 0 Å². The van der Waals surface area contributed by atoms with E-state index in [9.17, 15) is 0 Å². The summed E-state index contributed by atoms with van der Waals surface area (Å²) in [4.78, 5) is 0. The van der Waals surface area contributed by atoms with Crippen LogP contribution in [0, 0.1) is 5.92 Å². The van der Waals surface area contributed by atoms with Crippen LogP contribution in [-0.4, -0.2) is 47.2 Å². The van der Waals surface area contributed by atoms with E-state index < -0.39 is 16.6 Å². The van der Waals surface area contributed by atoms with Gasteiger partial charge in [0.15, 0.2) is 16.6 Å². The van der Waals surface area contributed by atoms with E-state index in [2.05, 4.69) is 122 Å². The van der Waals surface area contributed by atoms with Crippen molar-refractivity contribution in [3.05, 3.63) is 11.5 Å². The van der Waals surface area contributed by atoms with Gasteiger partial charge in [0.25, 0.3) is 0 Å². The molecule has 34 heavy (non-hydrogen) atoms. The van der Waals surface area contributed by atoms with Gasteiger partial charge in [0.1, 0.15) is 0 Å². The Morgan fingerprint density at radius 3 is 1.59 bits per heavy atom. The lowest BCUT2D eigenvalue weighted by Crippen LogP contribution is -2.48. The van der Waals surface area contributed by atoms with Gasteiger partial charge in [-0.1, -0.05) is 54.5 Å². The molecule has 4 nitrogen and oxygen atoms in total. The van der Waals surface area contributed by atoms with Crippen molar-refractivity contribution in [3.63, 3.8) is 0 Å². The summed E-state index contributed by atoms with van der Waals surface area (Å²) in [7, 11) is -4.12. The van der Waals surface area contributed by atoms with E-state index in [1.165, 1.54) is 0 Å². The van der Waals surface area contributed by atoms with Crippen molar-refractivity contribution in [2.75, 3.05) is 0 Å². The summed E-state index contributed by atoms with van der Waals surface area (Å²) in [5.41, 5.74) is 0.449. The van der Waals surface area contributed by atoms with Crippen LogP contribution in [0.15, 0.2) is 11.5 Å². The number of rotatable bonds is 9. The molecule has 0 aromatic rings. The average Bonchev–Trinajstić information content (AvgIpc) is 2.79. The van der Waals surface area contributed by atoms with Gasteiger partial charge in [-0.05, 0) is 95.6 Å². The fourth-order valence-corrected chi connectivity index (χ4v) is 6.49. The molecule has 3 atom stereocenters. The molecule has 0 radical (unpaired) electrons. The smallest absolute Gasteiger partial charge is 0.414 e. The Kier molecular flexibility index (Phi) is 9.87. The molecular weight excluding hydrogens is 455 g/mol. The summed E-state index contributed by atoms with van der Waals surface area (Å²) in [6.07, 6.45) is 3.41. The van der Waals surface area contributed by atoms with Crippen molar-refractivity contribution in [2.45, 2.75) is 156 Å². The van der Waals surface area contributed by atoms with Gasteiger partial charge in [-0.3, -0.25) is 0 Å². The minimum Gasteiger partial charge on any atom is -0.414 e. The van der Waals surface area contributed by atoms with Crippen molar-refractivity contribution in [3.8, 4) is 0 Å². The van der Waals surface area contributed by atoms with Crippen molar-refractivity contribution in [2.24, 2.45) is 5.92 Å². The molecule has 0 amide bonds. The van der Waals surface area contributed by atoms with Crippen LogP contribution in [0.25, 0.3) is 0 Å². The van der Waals surface area contributed by atoms with Crippen LogP contribution in [-0.2, 0) is 18.2 Å². The molecule has 0 saturated carbocycles. The molecule has 3 unspecified atom stereocenters. The fourth-order valence-electron chi connectivity index (χ4n) is 3.61. The molecule has 0 aliphatic carbocycles. The third-order valence-electron chi connectivity index (χ3n) is 8.86. The Balaban J connectivity index is 3.16. The first-order valence-electron chi connectivity index (χ1n) is 13.2. The number of hydrogen-bond acceptors (Lipinski definition) is 4. The molecule has 7 heteroatoms. The van der Waals surface area contributed by atoms with E-state index in [0.717, 1.165) is 11.9 Å². The molecule has 1 heterocycles. The lowest BCUT2D eigenvalue weighted by molar-refractivity contribution is 0.00578. The normalized spacial score (nSPS) is 22.6. The van der Waals surface area contributed by atoms with Gasteiger partial charge >= 0.3 is 7.12 Å². The lowest BCUT2D eigenvalue weighted by Gasteiger charge is -2.43. The maximum absolute atomic E-state index is 7.03. The zero-order chi connectivity index (χ0) is 27.1. The van der Waals surface area contributed by atoms with Crippen molar-refractivity contribution < 1.29 is 18.2 Å². The van der Waals surface area contributed by atoms with Crippen molar-refractivity contribution in [1.82, 2.24) is 0 Å². The maximum atomic E-state index is 7.03. The molecule has 1 rings (SSSR count). The van der Waals surface area contributed by atoms with Gasteiger partial charge in [-0.25, -0.2) is 0 Å². The van der Waals surface area contributed by atoms with Gasteiger partial charge in [0, 0.05) is 6.10 Å². The molecule has 0 spiro atoms. The third kappa shape index (κ3) is 7.79. The molecule has 200 valence electrons. The Bertz CT molecular complexity index is 701. The Labute approximate surface area is 215 Å². The van der Waals surface area contributed by atoms with E-state index in [1.807, 2.05) is 0 Å². The Hall–Kier alpha value is 0.0787. The molecule has 1 aliphatic heterocycles. The zero-order valence-electron chi connectivity index (χ0n) is 25.7. The van der Waals surface area contributed by atoms with Crippen LogP contribution in [0.4, 0.5) is 0 Å². The minimum atomic E-state index is -1.96. The average molecular weight is 513 g/mol. The van der Waals surface area contributed by atoms with Gasteiger partial charge in [0.05, 0.1) is 17.3 Å². The molecule has 1 aliphatic rings. The first kappa shape index (κ1) is 32.1. The van der Waals surface area contributed by atoms with Gasteiger partial charge in [-0.2, -0.15) is 0 Å². The standard InChI is InChI=1S/C27H57BO4Si2/c1-20(18-21(2)28-31-26(10,11)27(12,13)32-28)23(30-34(16,17)25(7,8)9)19-22(3)29-33(14,15)24(4,5)6/h18,20,22-23H,19H2,1-17H3/b21-18+. The van der Waals surface area contributed by atoms with E-state index in [4.69, 9.17) is 18.2 Å². The zero-order valence-corrected chi connectivity index (χ0v) is 27.7. The van der Waals surface area contributed by atoms with Gasteiger partial charge in [0.2, 0.25) is 0 Å². The predicted octanol–water partition coefficient (Wildman–Crippen LogP) is 8.39. The predicted molar refractivity (Wildman–Crippen MR) is 153 cm³/mol. The first-order valence-corrected chi connectivity index (χ1v) is 19.0. The molecule has 0 aromatic carbocycles. The summed E-state index contributed by atoms with van der Waals surface area (Å²) in [6.45, 7) is 38.2. The molecule has 1 saturated heterocycles. The topological polar surface area (TPSA) is 36.9 Å². The second-order valence-electron chi connectivity index (χ2n) is 14.7. The van der Waals surface area contributed by atoms with Crippen LogP contribution in [0.1, 0.15) is 96.4 Å². The Morgan fingerprint density at radius 2 is 1.21 bits per heavy atom. The van der Waals surface area contributed by atoms with Crippen LogP contribution in [0.5, 0.6) is 0 Å². The minimum absolute atomic E-state index is 0.0815. The highest BCUT2D eigenvalue weighted by Gasteiger charge is 2.52. The van der Waals surface area contributed by atoms with Crippen LogP contribution in [0.3, 0.4) is 0 Å². The van der Waals surface area contributed by atoms with Gasteiger partial charge < -0.3 is 18.2 Å². The monoisotopic (exact) mass is 512 g/mol. The molecular formula is C27H57BO4Si2. The second-order valence-corrected chi connectivity index (χ2v) is 24.2. The first-order chi connectivity index (χ1) is 14.8. The molecule has 0 aromatic heterocycles. The molecule has 0 bridgehead atoms. The second kappa shape index (κ2) is 10.4. The van der Waals surface area contributed by atoms with Crippen LogP contribution >= 0.6 is 0 Å². The van der Waals surface area contributed by atoms with Crippen molar-refractivity contribution >= 4 is 23.8 Å². The third-order valence-corrected chi connectivity index (χ3v) is 18.0. The van der Waals surface area contributed by atoms with E-state index in [-0.39, 0.29) is 46.5 Å². The maximum Gasteiger partial charge on any atom is 0.489 e. The summed E-state index contributed by atoms with van der Waals surface area (Å²) in [5, 5.41) is 0.342. The number of allylic oxidation sites excluding steroid dienone is 1. The molecule has 0 N–H and O–H groups in total. The Morgan fingerprint density at radius 1 is 0.824 bits per heavy atom. The summed E-state index contributed by atoms with van der Waals surface area (Å²) in [6, 6.07) is 0. The van der Waals surface area contributed by atoms with Crippen molar-refractivity contribution in [1.29, 1.82) is 0 Å². The fraction of sp³-hybridized carbons (Fsp3) is 0.926. The van der Waals surface area contributed by atoms with Crippen LogP contribution in [0.2, 0.25) is 36.3 Å².